The lowest BCUT2D eigenvalue weighted by Crippen LogP contribution is -2.10. The minimum absolute atomic E-state index is 0.0440. The second-order valence-corrected chi connectivity index (χ2v) is 7.90. The number of aromatic nitrogens is 3. The number of hydrogen-bond donors (Lipinski definition) is 1. The first kappa shape index (κ1) is 22.6. The van der Waals surface area contributed by atoms with Crippen LogP contribution in [0.4, 0.5) is 13.2 Å². The van der Waals surface area contributed by atoms with Gasteiger partial charge in [0.1, 0.15) is 12.4 Å². The molecule has 0 saturated carbocycles. The lowest BCUT2D eigenvalue weighted by molar-refractivity contribution is -0.140. The second-order valence-electron chi connectivity index (χ2n) is 7.90. The molecule has 0 bridgehead atoms. The minimum Gasteiger partial charge on any atom is -0.487 e. The van der Waals surface area contributed by atoms with Gasteiger partial charge in [0.05, 0.1) is 11.7 Å². The Morgan fingerprint density at radius 2 is 1.85 bits per heavy atom. The van der Waals surface area contributed by atoms with Crippen molar-refractivity contribution in [3.8, 4) is 11.4 Å². The number of nitrogens with zero attached hydrogens (tertiary/aromatic N) is 3. The average Bonchev–Trinajstić information content (AvgIpc) is 3.41. The fourth-order valence-corrected chi connectivity index (χ4v) is 3.74. The van der Waals surface area contributed by atoms with E-state index >= 15 is 0 Å². The van der Waals surface area contributed by atoms with E-state index in [0.717, 1.165) is 12.0 Å². The van der Waals surface area contributed by atoms with Crippen LogP contribution in [0.5, 0.6) is 5.75 Å². The molecule has 0 saturated heterocycles. The van der Waals surface area contributed by atoms with Crippen molar-refractivity contribution >= 4 is 16.6 Å². The predicted octanol–water partition coefficient (Wildman–Crippen LogP) is 6.63. The number of nitrogens with one attached hydrogen (secondary N) is 1. The standard InChI is InChI=1S/C25H25F3N4O/c1-2-6-19(29)11-14-32-23-10-9-20(15-22(23)24(30-32)25(26,27)28)31-13-12-21(16-31)33-17-18-7-4-3-5-8-18/h3-5,7-10,12-13,15-16,29H,2,6,11,14,17H2,1H3. The molecule has 5 nitrogen and oxygen atoms in total. The largest absolute Gasteiger partial charge is 0.487 e. The molecule has 2 aromatic heterocycles. The molecule has 2 aromatic carbocycles. The molecule has 1 N–H and O–H groups in total. The lowest BCUT2D eigenvalue weighted by atomic mass is 10.1. The van der Waals surface area contributed by atoms with Gasteiger partial charge in [0, 0.05) is 35.9 Å². The number of ether oxygens (including phenoxy) is 1. The summed E-state index contributed by atoms with van der Waals surface area (Å²) in [6.45, 7) is 2.62. The van der Waals surface area contributed by atoms with Crippen molar-refractivity contribution in [2.75, 3.05) is 0 Å². The summed E-state index contributed by atoms with van der Waals surface area (Å²) in [4.78, 5) is 0. The molecule has 0 aliphatic rings. The first-order chi connectivity index (χ1) is 15.8. The third-order valence-electron chi connectivity index (χ3n) is 5.39. The smallest absolute Gasteiger partial charge is 0.435 e. The van der Waals surface area contributed by atoms with Crippen molar-refractivity contribution in [3.05, 3.63) is 78.2 Å². The average molecular weight is 454 g/mol. The maximum atomic E-state index is 13.7. The van der Waals surface area contributed by atoms with Crippen LogP contribution in [0, 0.1) is 5.41 Å². The molecular weight excluding hydrogens is 429 g/mol. The van der Waals surface area contributed by atoms with Gasteiger partial charge < -0.3 is 14.7 Å². The maximum absolute atomic E-state index is 13.7. The molecule has 8 heteroatoms. The summed E-state index contributed by atoms with van der Waals surface area (Å²) in [6, 6.07) is 16.4. The summed E-state index contributed by atoms with van der Waals surface area (Å²) in [5.41, 5.74) is 1.63. The number of rotatable bonds is 9. The van der Waals surface area contributed by atoms with E-state index in [1.807, 2.05) is 37.3 Å². The molecule has 33 heavy (non-hydrogen) atoms. The van der Waals surface area contributed by atoms with Crippen LogP contribution in [0.1, 0.15) is 37.4 Å². The predicted molar refractivity (Wildman–Crippen MR) is 122 cm³/mol. The van der Waals surface area contributed by atoms with Gasteiger partial charge in [-0.25, -0.2) is 0 Å². The van der Waals surface area contributed by atoms with Gasteiger partial charge in [-0.1, -0.05) is 43.7 Å². The van der Waals surface area contributed by atoms with E-state index in [1.54, 1.807) is 35.2 Å². The number of halogens is 3. The minimum atomic E-state index is -4.57. The van der Waals surface area contributed by atoms with E-state index in [2.05, 4.69) is 5.10 Å². The Hall–Kier alpha value is -3.55. The van der Waals surface area contributed by atoms with E-state index in [9.17, 15) is 13.2 Å². The van der Waals surface area contributed by atoms with Crippen molar-refractivity contribution in [1.82, 2.24) is 14.3 Å². The third-order valence-corrected chi connectivity index (χ3v) is 5.39. The van der Waals surface area contributed by atoms with Crippen molar-refractivity contribution in [3.63, 3.8) is 0 Å². The first-order valence-electron chi connectivity index (χ1n) is 10.8. The fraction of sp³-hybridized carbons (Fsp3) is 0.280. The van der Waals surface area contributed by atoms with Crippen LogP contribution in [-0.4, -0.2) is 20.1 Å². The number of hydrogen-bond acceptors (Lipinski definition) is 3. The number of benzene rings is 2. The highest BCUT2D eigenvalue weighted by atomic mass is 19.4. The van der Waals surface area contributed by atoms with Gasteiger partial charge in [-0.2, -0.15) is 18.3 Å². The Morgan fingerprint density at radius 3 is 2.58 bits per heavy atom. The summed E-state index contributed by atoms with van der Waals surface area (Å²) in [6.07, 6.45) is 0.782. The molecule has 0 radical (unpaired) electrons. The summed E-state index contributed by atoms with van der Waals surface area (Å²) in [5, 5.41) is 11.8. The van der Waals surface area contributed by atoms with E-state index in [0.29, 0.717) is 42.1 Å². The molecule has 0 atom stereocenters. The van der Waals surface area contributed by atoms with E-state index < -0.39 is 11.9 Å². The highest BCUT2D eigenvalue weighted by Crippen LogP contribution is 2.35. The monoisotopic (exact) mass is 454 g/mol. The van der Waals surface area contributed by atoms with Gasteiger partial charge in [0.25, 0.3) is 0 Å². The van der Waals surface area contributed by atoms with E-state index in [1.165, 1.54) is 10.7 Å². The van der Waals surface area contributed by atoms with Gasteiger partial charge in [-0.15, -0.1) is 0 Å². The Balaban J connectivity index is 1.59. The zero-order valence-corrected chi connectivity index (χ0v) is 18.3. The zero-order valence-electron chi connectivity index (χ0n) is 18.3. The van der Waals surface area contributed by atoms with Gasteiger partial charge in [0.15, 0.2) is 5.69 Å². The molecule has 0 aliphatic carbocycles. The third kappa shape index (κ3) is 5.27. The molecule has 0 unspecified atom stereocenters. The van der Waals surface area contributed by atoms with Gasteiger partial charge in [-0.3, -0.25) is 4.68 Å². The van der Waals surface area contributed by atoms with Gasteiger partial charge in [0.2, 0.25) is 0 Å². The van der Waals surface area contributed by atoms with Crippen LogP contribution in [0.25, 0.3) is 16.6 Å². The Morgan fingerprint density at radius 1 is 1.06 bits per heavy atom. The quantitative estimate of drug-likeness (QED) is 0.289. The van der Waals surface area contributed by atoms with E-state index in [4.69, 9.17) is 10.1 Å². The number of fused-ring (bicyclic) bond motifs is 1. The lowest BCUT2D eigenvalue weighted by Gasteiger charge is -2.07. The topological polar surface area (TPSA) is 55.8 Å². The summed E-state index contributed by atoms with van der Waals surface area (Å²) < 4.78 is 50.0. The molecule has 2 heterocycles. The van der Waals surface area contributed by atoms with Crippen LogP contribution >= 0.6 is 0 Å². The Kier molecular flexibility index (Phi) is 6.53. The van der Waals surface area contributed by atoms with Crippen LogP contribution < -0.4 is 4.74 Å². The molecule has 4 aromatic rings. The molecule has 0 amide bonds. The SMILES string of the molecule is CCCC(=N)CCn1nc(C(F)(F)F)c2cc(-n3ccc(OCc4ccccc4)c3)ccc21. The molecule has 0 aliphatic heterocycles. The normalized spacial score (nSPS) is 11.8. The van der Waals surface area contributed by atoms with E-state index in [-0.39, 0.29) is 11.9 Å². The van der Waals surface area contributed by atoms with Crippen molar-refractivity contribution < 1.29 is 17.9 Å². The molecule has 172 valence electrons. The number of alkyl halides is 3. The first-order valence-corrected chi connectivity index (χ1v) is 10.8. The Labute approximate surface area is 189 Å². The molecule has 0 spiro atoms. The number of aryl methyl sites for hydroxylation is 1. The maximum Gasteiger partial charge on any atom is 0.435 e. The highest BCUT2D eigenvalue weighted by Gasteiger charge is 2.37. The van der Waals surface area contributed by atoms with Crippen LogP contribution in [-0.2, 0) is 19.3 Å². The highest BCUT2D eigenvalue weighted by molar-refractivity contribution is 5.85. The molecular formula is C25H25F3N4O. The molecule has 4 rings (SSSR count). The molecule has 0 fully saturated rings. The van der Waals surface area contributed by atoms with Crippen molar-refractivity contribution in [1.29, 1.82) is 5.41 Å². The summed E-state index contributed by atoms with van der Waals surface area (Å²) in [5.74, 6) is 0.625. The van der Waals surface area contributed by atoms with Gasteiger partial charge in [-0.05, 0) is 36.2 Å². The Bertz CT molecular complexity index is 1240. The summed E-state index contributed by atoms with van der Waals surface area (Å²) >= 11 is 0. The van der Waals surface area contributed by atoms with Crippen LogP contribution in [0.3, 0.4) is 0 Å². The van der Waals surface area contributed by atoms with Gasteiger partial charge >= 0.3 is 6.18 Å². The summed E-state index contributed by atoms with van der Waals surface area (Å²) in [7, 11) is 0. The zero-order chi connectivity index (χ0) is 23.4. The fourth-order valence-electron chi connectivity index (χ4n) is 3.74. The second kappa shape index (κ2) is 9.52. The van der Waals surface area contributed by atoms with Crippen molar-refractivity contribution in [2.24, 2.45) is 0 Å². The van der Waals surface area contributed by atoms with Crippen LogP contribution in [0.2, 0.25) is 0 Å². The van der Waals surface area contributed by atoms with Crippen LogP contribution in [0.15, 0.2) is 67.0 Å². The van der Waals surface area contributed by atoms with Crippen molar-refractivity contribution in [2.45, 2.75) is 45.5 Å².